The van der Waals surface area contributed by atoms with E-state index >= 15 is 0 Å². The smallest absolute Gasteiger partial charge is 0.164 e. The molecule has 0 N–H and O–H groups in total. The van der Waals surface area contributed by atoms with Crippen LogP contribution in [0.2, 0.25) is 0 Å². The minimum absolute atomic E-state index is 0.616. The molecule has 0 aliphatic heterocycles. The molecule has 0 fully saturated rings. The fraction of sp³-hybridized carbons (Fsp3) is 0. The number of para-hydroxylation sites is 6. The maximum absolute atomic E-state index is 5.21. The molecule has 0 amide bonds. The van der Waals surface area contributed by atoms with Crippen molar-refractivity contribution in [3.63, 3.8) is 0 Å². The van der Waals surface area contributed by atoms with Gasteiger partial charge in [-0.3, -0.25) is 0 Å². The second-order valence-electron chi connectivity index (χ2n) is 31.3. The van der Waals surface area contributed by atoms with Crippen LogP contribution in [0.5, 0.6) is 0 Å². The van der Waals surface area contributed by atoms with Crippen molar-refractivity contribution in [2.24, 2.45) is 0 Å². The summed E-state index contributed by atoms with van der Waals surface area (Å²) in [4.78, 5) is 30.6. The molecular formula is C114H74N10. The summed E-state index contributed by atoms with van der Waals surface area (Å²) in [6, 6.07) is 159. The molecule has 0 unspecified atom stereocenters. The van der Waals surface area contributed by atoms with Crippen molar-refractivity contribution >= 4 is 87.2 Å². The molecule has 0 spiro atoms. The Morgan fingerprint density at radius 2 is 0.306 bits per heavy atom. The lowest BCUT2D eigenvalue weighted by molar-refractivity contribution is 1.07. The normalized spacial score (nSPS) is 11.5. The summed E-state index contributed by atoms with van der Waals surface area (Å²) in [6.45, 7) is 0. The van der Waals surface area contributed by atoms with Crippen LogP contribution in [0.4, 0.5) is 0 Å². The Hall–Kier alpha value is -16.8. The zero-order valence-electron chi connectivity index (χ0n) is 67.2. The molecule has 24 rings (SSSR count). The summed E-state index contributed by atoms with van der Waals surface area (Å²) in [5, 5.41) is 9.83. The third-order valence-electron chi connectivity index (χ3n) is 23.9. The highest BCUT2D eigenvalue weighted by molar-refractivity contribution is 6.14. The molecule has 18 aromatic carbocycles. The van der Waals surface area contributed by atoms with Gasteiger partial charge in [-0.1, -0.05) is 303 Å². The predicted molar refractivity (Wildman–Crippen MR) is 511 cm³/mol. The van der Waals surface area contributed by atoms with E-state index in [1.54, 1.807) is 0 Å². The number of fused-ring (bicyclic) bond motifs is 12. The van der Waals surface area contributed by atoms with Crippen LogP contribution in [0.1, 0.15) is 0 Å². The van der Waals surface area contributed by atoms with Crippen molar-refractivity contribution in [3.05, 3.63) is 449 Å². The Labute approximate surface area is 715 Å². The van der Waals surface area contributed by atoms with Crippen LogP contribution < -0.4 is 0 Å². The first kappa shape index (κ1) is 72.4. The van der Waals surface area contributed by atoms with E-state index in [1.807, 2.05) is 66.7 Å². The minimum Gasteiger partial charge on any atom is -0.309 e. The van der Waals surface area contributed by atoms with Crippen LogP contribution in [0.3, 0.4) is 0 Å². The molecule has 6 aromatic heterocycles. The van der Waals surface area contributed by atoms with Gasteiger partial charge in [-0.2, -0.15) is 0 Å². The third-order valence-corrected chi connectivity index (χ3v) is 23.9. The maximum Gasteiger partial charge on any atom is 0.164 e. The van der Waals surface area contributed by atoms with Crippen LogP contribution >= 0.6 is 0 Å². The van der Waals surface area contributed by atoms with E-state index in [1.165, 1.54) is 76.3 Å². The second kappa shape index (κ2) is 30.8. The lowest BCUT2D eigenvalue weighted by atomic mass is 9.96. The third kappa shape index (κ3) is 13.1. The molecule has 0 aliphatic carbocycles. The molecule has 0 aliphatic rings. The zero-order chi connectivity index (χ0) is 82.0. The molecule has 0 atom stereocenters. The number of aromatic nitrogens is 10. The van der Waals surface area contributed by atoms with E-state index in [4.69, 9.17) is 29.9 Å². The van der Waals surface area contributed by atoms with Gasteiger partial charge >= 0.3 is 0 Å². The number of nitrogens with zero attached hydrogens (tertiary/aromatic N) is 10. The van der Waals surface area contributed by atoms with Gasteiger partial charge in [0.25, 0.3) is 0 Å². The van der Waals surface area contributed by atoms with Crippen molar-refractivity contribution in [3.8, 4) is 136 Å². The van der Waals surface area contributed by atoms with Gasteiger partial charge in [-0.15, -0.1) is 0 Å². The summed E-state index contributed by atoms with van der Waals surface area (Å²) in [7, 11) is 0. The van der Waals surface area contributed by atoms with E-state index < -0.39 is 0 Å². The number of rotatable bonds is 14. The topological polar surface area (TPSA) is 97.1 Å². The molecule has 0 saturated carbocycles. The van der Waals surface area contributed by atoms with Crippen molar-refractivity contribution in [2.45, 2.75) is 0 Å². The highest BCUT2D eigenvalue weighted by Gasteiger charge is 2.23. The molecule has 0 bridgehead atoms. The van der Waals surface area contributed by atoms with Gasteiger partial charge in [0.1, 0.15) is 0 Å². The fourth-order valence-electron chi connectivity index (χ4n) is 18.0. The monoisotopic (exact) mass is 1580 g/mol. The molecule has 10 nitrogen and oxygen atoms in total. The standard InChI is InChI=1S/2C57H37N5/c1-4-16-38(17-5-1)42-34-43(39-18-6-2-7-19-39)36-44(35-42)57-59-55(40-20-8-3-9-21-40)58-56(60-57)41-28-30-45(31-29-41)61-53-27-15-12-24-49(53)50-37-46(32-33-54(50)61)62-51-25-13-10-22-47(51)48-23-11-14-26-52(48)62;1-3-14-38(15-4-1)43-18-13-19-44(36-43)39-26-28-41(29-27-39)56-58-55(40-16-5-2-6-17-40)59-57(60-56)42-30-32-45(33-31-42)61-53-25-12-9-22-49(53)50-37-46(34-35-54(50)61)62-51-23-10-7-20-47(51)48-21-8-11-24-52(48)62/h2*1-37H. The second-order valence-corrected chi connectivity index (χ2v) is 31.3. The van der Waals surface area contributed by atoms with E-state index in [0.717, 1.165) is 112 Å². The van der Waals surface area contributed by atoms with E-state index in [-0.39, 0.29) is 0 Å². The van der Waals surface area contributed by atoms with Crippen molar-refractivity contribution < 1.29 is 0 Å². The first-order valence-electron chi connectivity index (χ1n) is 41.9. The van der Waals surface area contributed by atoms with Gasteiger partial charge in [0.05, 0.1) is 44.1 Å². The van der Waals surface area contributed by atoms with Gasteiger partial charge in [0.2, 0.25) is 0 Å². The lowest BCUT2D eigenvalue weighted by Crippen LogP contribution is -2.01. The van der Waals surface area contributed by atoms with Crippen molar-refractivity contribution in [1.82, 2.24) is 48.2 Å². The lowest BCUT2D eigenvalue weighted by Gasteiger charge is -2.13. The highest BCUT2D eigenvalue weighted by atomic mass is 15.1. The Morgan fingerprint density at radius 3 is 0.629 bits per heavy atom. The summed E-state index contributed by atoms with van der Waals surface area (Å²) in [5.74, 6) is 3.75. The van der Waals surface area contributed by atoms with E-state index in [9.17, 15) is 0 Å². The fourth-order valence-corrected chi connectivity index (χ4v) is 18.0. The van der Waals surface area contributed by atoms with Crippen LogP contribution in [0, 0.1) is 0 Å². The number of benzene rings is 18. The molecule has 10 heteroatoms. The van der Waals surface area contributed by atoms with Crippen LogP contribution in [-0.2, 0) is 0 Å². The van der Waals surface area contributed by atoms with Gasteiger partial charge in [0.15, 0.2) is 34.9 Å². The average molecular weight is 1580 g/mol. The molecule has 6 heterocycles. The minimum atomic E-state index is 0.616. The summed E-state index contributed by atoms with van der Waals surface area (Å²) < 4.78 is 9.49. The van der Waals surface area contributed by atoms with Crippen molar-refractivity contribution in [1.29, 1.82) is 0 Å². The van der Waals surface area contributed by atoms with Gasteiger partial charge in [0, 0.05) is 99.2 Å². The first-order valence-corrected chi connectivity index (χ1v) is 41.9. The Bertz CT molecular complexity index is 8020. The molecule has 580 valence electrons. The molecule has 124 heavy (non-hydrogen) atoms. The molecule has 0 saturated heterocycles. The molecule has 0 radical (unpaired) electrons. The first-order chi connectivity index (χ1) is 61.5. The highest BCUT2D eigenvalue weighted by Crippen LogP contribution is 2.42. The SMILES string of the molecule is c1ccc(-c2cc(-c3ccccc3)cc(-c3nc(-c4ccccc4)nc(-c4ccc(-n5c6ccccc6c6cc(-n7c8ccccc8c8ccccc87)ccc65)cc4)n3)c2)cc1.c1ccc(-c2cccc(-c3ccc(-c4nc(-c5ccccc5)nc(-c5ccc(-n6c7ccccc7c7cc(-n8c9ccccc9c9ccccc98)ccc76)cc5)n4)cc3)c2)cc1. The van der Waals surface area contributed by atoms with Gasteiger partial charge in [-0.05, 0) is 190 Å². The largest absolute Gasteiger partial charge is 0.309 e. The molecular weight excluding hydrogens is 1510 g/mol. The average Bonchev–Trinajstić information content (AvgIpc) is 1.58. The van der Waals surface area contributed by atoms with E-state index in [2.05, 4.69) is 400 Å². The maximum atomic E-state index is 5.21. The van der Waals surface area contributed by atoms with Crippen molar-refractivity contribution in [2.75, 3.05) is 0 Å². The summed E-state index contributed by atoms with van der Waals surface area (Å²) in [6.07, 6.45) is 0. The molecule has 24 aromatic rings. The number of hydrogen-bond acceptors (Lipinski definition) is 6. The van der Waals surface area contributed by atoms with Crippen LogP contribution in [-0.4, -0.2) is 48.2 Å². The van der Waals surface area contributed by atoms with E-state index in [0.29, 0.717) is 34.9 Å². The summed E-state index contributed by atoms with van der Waals surface area (Å²) >= 11 is 0. The predicted octanol–water partition coefficient (Wildman–Crippen LogP) is 28.8. The Morgan fingerprint density at radius 1 is 0.113 bits per heavy atom. The summed E-state index contributed by atoms with van der Waals surface area (Å²) in [5.41, 5.74) is 28.5. The van der Waals surface area contributed by atoms with Crippen LogP contribution in [0.25, 0.3) is 223 Å². The Balaban J connectivity index is 0.000000143. The quantitative estimate of drug-likeness (QED) is 0.108. The Kier molecular flexibility index (Phi) is 18.0. The number of hydrogen-bond donors (Lipinski definition) is 0. The van der Waals surface area contributed by atoms with Gasteiger partial charge < -0.3 is 18.3 Å². The van der Waals surface area contributed by atoms with Crippen LogP contribution in [0.15, 0.2) is 449 Å². The van der Waals surface area contributed by atoms with Gasteiger partial charge in [-0.25, -0.2) is 29.9 Å². The zero-order valence-corrected chi connectivity index (χ0v) is 67.2.